The molecule has 138 valence electrons. The monoisotopic (exact) mass is 440 g/mol. The Morgan fingerprint density at radius 1 is 1.22 bits per heavy atom. The molecule has 0 aromatic heterocycles. The first kappa shape index (κ1) is 19.6. The van der Waals surface area contributed by atoms with Crippen molar-refractivity contribution in [3.05, 3.63) is 67.0 Å². The van der Waals surface area contributed by atoms with Crippen molar-refractivity contribution in [2.24, 2.45) is 0 Å². The normalized spacial score (nSPS) is 15.5. The molecule has 1 saturated heterocycles. The second kappa shape index (κ2) is 7.85. The molecule has 0 spiro atoms. The maximum atomic E-state index is 12.8. The Balaban J connectivity index is 1.97. The Morgan fingerprint density at radius 2 is 1.89 bits per heavy atom. The molecule has 1 amide bonds. The van der Waals surface area contributed by atoms with Crippen LogP contribution in [0.3, 0.4) is 0 Å². The van der Waals surface area contributed by atoms with E-state index in [-0.39, 0.29) is 21.6 Å². The third-order valence-electron chi connectivity index (χ3n) is 3.67. The van der Waals surface area contributed by atoms with Gasteiger partial charge >= 0.3 is 0 Å². The van der Waals surface area contributed by atoms with Gasteiger partial charge in [-0.1, -0.05) is 47.2 Å². The number of hydrogen-bond acceptors (Lipinski definition) is 6. The number of thioether (sulfide) groups is 1. The Hall–Kier alpha value is -2.13. The van der Waals surface area contributed by atoms with Crippen LogP contribution in [0.4, 0.5) is 11.4 Å². The summed E-state index contributed by atoms with van der Waals surface area (Å²) in [6.07, 6.45) is 1.47. The number of hydrogen-bond donors (Lipinski definition) is 0. The molecule has 0 unspecified atom stereocenters. The Morgan fingerprint density at radius 3 is 2.48 bits per heavy atom. The van der Waals surface area contributed by atoms with E-state index >= 15 is 0 Å². The van der Waals surface area contributed by atoms with Crippen LogP contribution in [-0.2, 0) is 4.79 Å². The second-order valence-corrected chi connectivity index (χ2v) is 7.79. The van der Waals surface area contributed by atoms with Gasteiger partial charge in [0.2, 0.25) is 0 Å². The van der Waals surface area contributed by atoms with Gasteiger partial charge < -0.3 is 4.74 Å². The lowest BCUT2D eigenvalue weighted by Crippen LogP contribution is -2.27. The highest BCUT2D eigenvalue weighted by molar-refractivity contribution is 8.27. The minimum Gasteiger partial charge on any atom is -0.497 e. The van der Waals surface area contributed by atoms with Gasteiger partial charge in [0.1, 0.15) is 10.8 Å². The SMILES string of the molecule is COc1ccc(N2C(=O)C(=Cc3cc([N+](=O)[O-])c(Cl)cc3Cl)SC2=S)cc1. The van der Waals surface area contributed by atoms with Gasteiger partial charge in [0.25, 0.3) is 11.6 Å². The fourth-order valence-electron chi connectivity index (χ4n) is 2.37. The van der Waals surface area contributed by atoms with E-state index in [9.17, 15) is 14.9 Å². The van der Waals surface area contributed by atoms with Gasteiger partial charge in [0.05, 0.1) is 22.6 Å². The van der Waals surface area contributed by atoms with Crippen LogP contribution >= 0.6 is 47.2 Å². The van der Waals surface area contributed by atoms with Crippen molar-refractivity contribution in [3.63, 3.8) is 0 Å². The molecule has 0 bridgehead atoms. The molecule has 0 aliphatic carbocycles. The number of nitrogens with zero attached hydrogens (tertiary/aromatic N) is 2. The van der Waals surface area contributed by atoms with E-state index in [0.717, 1.165) is 11.8 Å². The molecule has 0 atom stereocenters. The first-order valence-corrected chi connectivity index (χ1v) is 9.35. The molecule has 3 rings (SSSR count). The smallest absolute Gasteiger partial charge is 0.288 e. The number of amides is 1. The molecule has 1 heterocycles. The molecule has 1 aliphatic rings. The van der Waals surface area contributed by atoms with Crippen LogP contribution in [0.2, 0.25) is 10.0 Å². The lowest BCUT2D eigenvalue weighted by atomic mass is 10.1. The van der Waals surface area contributed by atoms with Gasteiger partial charge in [0, 0.05) is 16.7 Å². The third-order valence-corrected chi connectivity index (χ3v) is 5.61. The van der Waals surface area contributed by atoms with E-state index in [1.807, 2.05) is 0 Å². The van der Waals surface area contributed by atoms with Crippen LogP contribution in [0.5, 0.6) is 5.75 Å². The Labute approximate surface area is 173 Å². The van der Waals surface area contributed by atoms with Crippen molar-refractivity contribution in [2.45, 2.75) is 0 Å². The lowest BCUT2D eigenvalue weighted by molar-refractivity contribution is -0.384. The molecule has 1 aliphatic heterocycles. The van der Waals surface area contributed by atoms with Crippen LogP contribution in [0.1, 0.15) is 5.56 Å². The lowest BCUT2D eigenvalue weighted by Gasteiger charge is -2.14. The maximum absolute atomic E-state index is 12.8. The number of nitro benzene ring substituents is 1. The third kappa shape index (κ3) is 3.93. The minimum atomic E-state index is -0.613. The molecule has 2 aromatic carbocycles. The number of thiocarbonyl (C=S) groups is 1. The van der Waals surface area contributed by atoms with Gasteiger partial charge in [-0.05, 0) is 36.4 Å². The number of methoxy groups -OCH3 is 1. The minimum absolute atomic E-state index is 0.0760. The first-order chi connectivity index (χ1) is 12.8. The molecular formula is C17H10Cl2N2O4S2. The van der Waals surface area contributed by atoms with E-state index < -0.39 is 4.92 Å². The molecule has 0 radical (unpaired) electrons. The summed E-state index contributed by atoms with van der Waals surface area (Å²) in [4.78, 5) is 24.9. The summed E-state index contributed by atoms with van der Waals surface area (Å²) in [7, 11) is 1.55. The molecule has 1 fully saturated rings. The van der Waals surface area contributed by atoms with Gasteiger partial charge in [-0.25, -0.2) is 0 Å². The number of carbonyl (C=O) groups excluding carboxylic acids is 1. The van der Waals surface area contributed by atoms with Crippen LogP contribution in [0.15, 0.2) is 41.3 Å². The molecule has 0 saturated carbocycles. The molecule has 0 N–H and O–H groups in total. The Kier molecular flexibility index (Phi) is 5.71. The van der Waals surface area contributed by atoms with Crippen LogP contribution in [-0.4, -0.2) is 22.3 Å². The molecular weight excluding hydrogens is 431 g/mol. The Bertz CT molecular complexity index is 993. The van der Waals surface area contributed by atoms with E-state index in [0.29, 0.717) is 26.2 Å². The maximum Gasteiger partial charge on any atom is 0.288 e. The van der Waals surface area contributed by atoms with Crippen molar-refractivity contribution in [3.8, 4) is 5.75 Å². The molecule has 10 heteroatoms. The van der Waals surface area contributed by atoms with Gasteiger partial charge in [0.15, 0.2) is 4.32 Å². The predicted molar refractivity (Wildman–Crippen MR) is 112 cm³/mol. The van der Waals surface area contributed by atoms with Crippen molar-refractivity contribution >= 4 is 74.9 Å². The van der Waals surface area contributed by atoms with Gasteiger partial charge in [-0.15, -0.1) is 0 Å². The van der Waals surface area contributed by atoms with Crippen molar-refractivity contribution in [1.29, 1.82) is 0 Å². The van der Waals surface area contributed by atoms with Crippen molar-refractivity contribution in [2.75, 3.05) is 12.0 Å². The predicted octanol–water partition coefficient (Wildman–Crippen LogP) is 5.32. The summed E-state index contributed by atoms with van der Waals surface area (Å²) in [5.41, 5.74) is 0.607. The van der Waals surface area contributed by atoms with E-state index in [2.05, 4.69) is 0 Å². The number of anilines is 1. The van der Waals surface area contributed by atoms with Crippen LogP contribution < -0.4 is 9.64 Å². The number of ether oxygens (including phenoxy) is 1. The summed E-state index contributed by atoms with van der Waals surface area (Å²) < 4.78 is 5.45. The topological polar surface area (TPSA) is 72.7 Å². The fourth-order valence-corrected chi connectivity index (χ4v) is 4.16. The number of nitro groups is 1. The highest BCUT2D eigenvalue weighted by Crippen LogP contribution is 2.38. The van der Waals surface area contributed by atoms with E-state index in [1.54, 1.807) is 31.4 Å². The number of halogens is 2. The number of carbonyl (C=O) groups is 1. The van der Waals surface area contributed by atoms with E-state index in [1.165, 1.54) is 23.1 Å². The zero-order valence-electron chi connectivity index (χ0n) is 13.6. The summed E-state index contributed by atoms with van der Waals surface area (Å²) in [6, 6.07) is 9.37. The first-order valence-electron chi connectivity index (χ1n) is 7.37. The zero-order valence-corrected chi connectivity index (χ0v) is 16.8. The van der Waals surface area contributed by atoms with Crippen LogP contribution in [0, 0.1) is 10.1 Å². The highest BCUT2D eigenvalue weighted by Gasteiger charge is 2.33. The van der Waals surface area contributed by atoms with Crippen LogP contribution in [0.25, 0.3) is 6.08 Å². The standard InChI is InChI=1S/C17H10Cl2N2O4S2/c1-25-11-4-2-10(3-5-11)20-16(22)15(27-17(20)26)7-9-6-14(21(23)24)13(19)8-12(9)18/h2-8H,1H3. The average molecular weight is 441 g/mol. The molecule has 2 aromatic rings. The number of rotatable bonds is 4. The van der Waals surface area contributed by atoms with Crippen molar-refractivity contribution in [1.82, 2.24) is 0 Å². The summed E-state index contributed by atoms with van der Waals surface area (Å²) in [5, 5.41) is 11.2. The zero-order chi connectivity index (χ0) is 19.7. The average Bonchev–Trinajstić information content (AvgIpc) is 2.90. The molecule has 27 heavy (non-hydrogen) atoms. The van der Waals surface area contributed by atoms with Gasteiger partial charge in [-0.2, -0.15) is 0 Å². The largest absolute Gasteiger partial charge is 0.497 e. The van der Waals surface area contributed by atoms with E-state index in [4.69, 9.17) is 40.2 Å². The van der Waals surface area contributed by atoms with Gasteiger partial charge in [-0.3, -0.25) is 19.8 Å². The fraction of sp³-hybridized carbons (Fsp3) is 0.0588. The summed E-state index contributed by atoms with van der Waals surface area (Å²) >= 11 is 18.4. The summed E-state index contributed by atoms with van der Waals surface area (Å²) in [6.45, 7) is 0. The molecule has 6 nitrogen and oxygen atoms in total. The highest BCUT2D eigenvalue weighted by atomic mass is 35.5. The van der Waals surface area contributed by atoms with Crippen molar-refractivity contribution < 1.29 is 14.5 Å². The second-order valence-electron chi connectivity index (χ2n) is 5.30. The number of benzene rings is 2. The summed E-state index contributed by atoms with van der Waals surface area (Å²) in [5.74, 6) is 0.309. The quantitative estimate of drug-likeness (QED) is 0.277.